The predicted molar refractivity (Wildman–Crippen MR) is 88.2 cm³/mol. The van der Waals surface area contributed by atoms with E-state index in [2.05, 4.69) is 12.2 Å². The first-order valence-corrected chi connectivity index (χ1v) is 8.85. The molecule has 4 heteroatoms. The second-order valence-corrected chi connectivity index (χ2v) is 7.36. The zero-order valence-electron chi connectivity index (χ0n) is 12.6. The zero-order chi connectivity index (χ0) is 14.7. The summed E-state index contributed by atoms with van der Waals surface area (Å²) in [5, 5.41) is 4.45. The van der Waals surface area contributed by atoms with Crippen molar-refractivity contribution in [3.63, 3.8) is 0 Å². The van der Waals surface area contributed by atoms with Gasteiger partial charge in [0.25, 0.3) is 0 Å². The highest BCUT2D eigenvalue weighted by Crippen LogP contribution is 2.41. The third-order valence-electron chi connectivity index (χ3n) is 4.68. The molecular weight excluding hydrogens is 283 g/mol. The lowest BCUT2D eigenvalue weighted by Crippen LogP contribution is -2.37. The number of hydrogen-bond donors (Lipinski definition) is 1. The fraction of sp³-hybridized carbons (Fsp3) is 0.588. The molecule has 21 heavy (non-hydrogen) atoms. The highest BCUT2D eigenvalue weighted by molar-refractivity contribution is 8.13. The summed E-state index contributed by atoms with van der Waals surface area (Å²) in [6.07, 6.45) is 6.77. The number of aliphatic imine (C=N–C) groups is 1. The van der Waals surface area contributed by atoms with Crippen molar-refractivity contribution >= 4 is 16.9 Å². The predicted octanol–water partition coefficient (Wildman–Crippen LogP) is 4.53. The highest BCUT2D eigenvalue weighted by Gasteiger charge is 2.35. The molecule has 2 nitrogen and oxygen atoms in total. The minimum Gasteiger partial charge on any atom is -0.358 e. The number of nitrogens with one attached hydrogen (secondary N) is 1. The van der Waals surface area contributed by atoms with Crippen molar-refractivity contribution in [2.75, 3.05) is 12.3 Å². The van der Waals surface area contributed by atoms with E-state index in [9.17, 15) is 4.39 Å². The van der Waals surface area contributed by atoms with Gasteiger partial charge in [0.05, 0.1) is 6.04 Å². The molecule has 0 aromatic heterocycles. The van der Waals surface area contributed by atoms with E-state index in [1.54, 1.807) is 12.1 Å². The Balaban J connectivity index is 1.61. The van der Waals surface area contributed by atoms with E-state index >= 15 is 0 Å². The van der Waals surface area contributed by atoms with Gasteiger partial charge in [-0.15, -0.1) is 0 Å². The smallest absolute Gasteiger partial charge is 0.157 e. The zero-order valence-corrected chi connectivity index (χ0v) is 13.4. The van der Waals surface area contributed by atoms with Crippen LogP contribution in [0, 0.1) is 11.2 Å². The molecule has 1 atom stereocenters. The SMILES string of the molecule is CC(NC1=NCC2(CCCCC2)CS1)c1cccc(F)c1. The van der Waals surface area contributed by atoms with Crippen molar-refractivity contribution in [1.29, 1.82) is 0 Å². The summed E-state index contributed by atoms with van der Waals surface area (Å²) in [4.78, 5) is 4.77. The molecule has 0 saturated heterocycles. The molecule has 1 heterocycles. The summed E-state index contributed by atoms with van der Waals surface area (Å²) < 4.78 is 13.3. The fourth-order valence-corrected chi connectivity index (χ4v) is 4.53. The van der Waals surface area contributed by atoms with Crippen molar-refractivity contribution in [3.05, 3.63) is 35.6 Å². The van der Waals surface area contributed by atoms with E-state index in [4.69, 9.17) is 4.99 Å². The van der Waals surface area contributed by atoms with Crippen LogP contribution in [0.15, 0.2) is 29.3 Å². The second-order valence-electron chi connectivity index (χ2n) is 6.39. The molecule has 1 aromatic rings. The Morgan fingerprint density at radius 3 is 2.76 bits per heavy atom. The molecule has 0 radical (unpaired) electrons. The third kappa shape index (κ3) is 3.60. The van der Waals surface area contributed by atoms with E-state index in [0.717, 1.165) is 17.3 Å². The monoisotopic (exact) mass is 306 g/mol. The molecule has 1 saturated carbocycles. The van der Waals surface area contributed by atoms with E-state index in [1.807, 2.05) is 17.8 Å². The van der Waals surface area contributed by atoms with E-state index in [1.165, 1.54) is 43.9 Å². The number of benzene rings is 1. The van der Waals surface area contributed by atoms with Gasteiger partial charge in [-0.1, -0.05) is 43.2 Å². The maximum absolute atomic E-state index is 13.3. The lowest BCUT2D eigenvalue weighted by molar-refractivity contribution is 0.232. The van der Waals surface area contributed by atoms with E-state index in [0.29, 0.717) is 5.41 Å². The minimum atomic E-state index is -0.180. The minimum absolute atomic E-state index is 0.0901. The Morgan fingerprint density at radius 2 is 2.10 bits per heavy atom. The van der Waals surface area contributed by atoms with Crippen LogP contribution < -0.4 is 5.32 Å². The number of thioether (sulfide) groups is 1. The summed E-state index contributed by atoms with van der Waals surface area (Å²) in [6.45, 7) is 3.01. The van der Waals surface area contributed by atoms with E-state index in [-0.39, 0.29) is 11.9 Å². The van der Waals surface area contributed by atoms with Gasteiger partial charge in [-0.05, 0) is 42.9 Å². The van der Waals surface area contributed by atoms with Crippen LogP contribution >= 0.6 is 11.8 Å². The number of amidine groups is 1. The Kier molecular flexibility index (Phi) is 4.53. The Hall–Kier alpha value is -1.03. The van der Waals surface area contributed by atoms with Crippen molar-refractivity contribution in [1.82, 2.24) is 5.32 Å². The average molecular weight is 306 g/mol. The Labute approximate surface area is 130 Å². The van der Waals surface area contributed by atoms with E-state index < -0.39 is 0 Å². The molecule has 1 N–H and O–H groups in total. The standard InChI is InChI=1S/C17H23FN2S/c1-13(14-6-5-7-15(18)10-14)20-16-19-11-17(12-21-16)8-3-2-4-9-17/h5-7,10,13H,2-4,8-9,11-12H2,1H3,(H,19,20). The highest BCUT2D eigenvalue weighted by atomic mass is 32.2. The average Bonchev–Trinajstić information content (AvgIpc) is 2.51. The maximum Gasteiger partial charge on any atom is 0.157 e. The number of rotatable bonds is 2. The fourth-order valence-electron chi connectivity index (χ4n) is 3.29. The number of nitrogens with zero attached hydrogens (tertiary/aromatic N) is 1. The molecule has 3 rings (SSSR count). The van der Waals surface area contributed by atoms with Crippen LogP contribution in [0.3, 0.4) is 0 Å². The van der Waals surface area contributed by atoms with Gasteiger partial charge in [-0.2, -0.15) is 0 Å². The van der Waals surface area contributed by atoms with Gasteiger partial charge in [0.15, 0.2) is 5.17 Å². The molecule has 1 aromatic carbocycles. The van der Waals surface area contributed by atoms with Gasteiger partial charge >= 0.3 is 0 Å². The second kappa shape index (κ2) is 6.39. The Bertz CT molecular complexity index is 523. The van der Waals surface area contributed by atoms with Crippen LogP contribution in [0.4, 0.5) is 4.39 Å². The van der Waals surface area contributed by atoms with Gasteiger partial charge < -0.3 is 5.32 Å². The first-order chi connectivity index (χ1) is 10.2. The van der Waals surface area contributed by atoms with Gasteiger partial charge in [-0.3, -0.25) is 4.99 Å². The van der Waals surface area contributed by atoms with Crippen molar-refractivity contribution < 1.29 is 4.39 Å². The molecule has 1 aliphatic heterocycles. The molecule has 1 spiro atoms. The largest absolute Gasteiger partial charge is 0.358 e. The summed E-state index contributed by atoms with van der Waals surface area (Å²) >= 11 is 1.84. The molecule has 1 aliphatic carbocycles. The van der Waals surface area contributed by atoms with Gasteiger partial charge in [0.1, 0.15) is 5.82 Å². The van der Waals surface area contributed by atoms with Crippen LogP contribution in [0.5, 0.6) is 0 Å². The van der Waals surface area contributed by atoms with Crippen LogP contribution in [-0.4, -0.2) is 17.5 Å². The molecule has 1 unspecified atom stereocenters. The Morgan fingerprint density at radius 1 is 1.29 bits per heavy atom. The molecule has 2 aliphatic rings. The molecule has 0 bridgehead atoms. The maximum atomic E-state index is 13.3. The van der Waals surface area contributed by atoms with Crippen LogP contribution in [0.2, 0.25) is 0 Å². The topological polar surface area (TPSA) is 24.4 Å². The number of halogens is 1. The van der Waals surface area contributed by atoms with Gasteiger partial charge in [0.2, 0.25) is 0 Å². The number of hydrogen-bond acceptors (Lipinski definition) is 3. The molecular formula is C17H23FN2S. The third-order valence-corrected chi connectivity index (χ3v) is 5.95. The first-order valence-electron chi connectivity index (χ1n) is 7.86. The first kappa shape index (κ1) is 14.9. The lowest BCUT2D eigenvalue weighted by atomic mass is 9.75. The van der Waals surface area contributed by atoms with Crippen molar-refractivity contribution in [3.8, 4) is 0 Å². The normalized spacial score (nSPS) is 22.7. The summed E-state index contributed by atoms with van der Waals surface area (Å²) in [7, 11) is 0. The molecule has 114 valence electrons. The van der Waals surface area contributed by atoms with Crippen molar-refractivity contribution in [2.24, 2.45) is 10.4 Å². The lowest BCUT2D eigenvalue weighted by Gasteiger charge is -2.38. The van der Waals surface area contributed by atoms with Crippen molar-refractivity contribution in [2.45, 2.75) is 45.1 Å². The molecule has 1 fully saturated rings. The summed E-state index contributed by atoms with van der Waals surface area (Å²) in [5.74, 6) is 0.995. The molecule has 0 amide bonds. The van der Waals surface area contributed by atoms with Crippen LogP contribution in [-0.2, 0) is 0 Å². The quantitative estimate of drug-likeness (QED) is 0.868. The summed E-state index contributed by atoms with van der Waals surface area (Å²) in [5.41, 5.74) is 1.42. The van der Waals surface area contributed by atoms with Crippen LogP contribution in [0.1, 0.15) is 50.6 Å². The summed E-state index contributed by atoms with van der Waals surface area (Å²) in [6, 6.07) is 6.88. The van der Waals surface area contributed by atoms with Crippen LogP contribution in [0.25, 0.3) is 0 Å². The van der Waals surface area contributed by atoms with Gasteiger partial charge in [-0.25, -0.2) is 4.39 Å². The van der Waals surface area contributed by atoms with Gasteiger partial charge in [0, 0.05) is 12.3 Å².